The number of nitrogens with one attached hydrogen (secondary N) is 2. The van der Waals surface area contributed by atoms with Gasteiger partial charge in [0.05, 0.1) is 25.4 Å². The van der Waals surface area contributed by atoms with Crippen molar-refractivity contribution in [2.24, 2.45) is 7.05 Å². The Bertz CT molecular complexity index is 727. The highest BCUT2D eigenvalue weighted by atomic mass is 16.5. The Balaban J connectivity index is 1.39. The number of hydrogen-bond donors (Lipinski definition) is 2. The molecule has 1 aromatic heterocycles. The van der Waals surface area contributed by atoms with Crippen molar-refractivity contribution in [3.05, 3.63) is 48.3 Å². The minimum absolute atomic E-state index is 0.0846. The molecule has 146 valence electrons. The number of rotatable bonds is 9. The van der Waals surface area contributed by atoms with Gasteiger partial charge in [-0.1, -0.05) is 0 Å². The molecule has 0 aliphatic carbocycles. The molecule has 1 aliphatic rings. The third kappa shape index (κ3) is 5.26. The Kier molecular flexibility index (Phi) is 6.76. The molecule has 27 heavy (non-hydrogen) atoms. The number of aryl methyl sites for hydroxylation is 1. The Labute approximate surface area is 161 Å². The number of carbonyl (C=O) groups excluding carboxylic acids is 1. The van der Waals surface area contributed by atoms with Crippen molar-refractivity contribution < 1.29 is 19.2 Å². The lowest BCUT2D eigenvalue weighted by molar-refractivity contribution is -0.911. The number of ether oxygens (including phenoxy) is 2. The van der Waals surface area contributed by atoms with E-state index in [1.165, 1.54) is 17.0 Å². The summed E-state index contributed by atoms with van der Waals surface area (Å²) >= 11 is 0. The largest absolute Gasteiger partial charge is 0.494 e. The van der Waals surface area contributed by atoms with Crippen molar-refractivity contribution in [1.82, 2.24) is 9.88 Å². The van der Waals surface area contributed by atoms with Gasteiger partial charge >= 0.3 is 0 Å². The van der Waals surface area contributed by atoms with Gasteiger partial charge in [-0.15, -0.1) is 0 Å². The zero-order chi connectivity index (χ0) is 19.1. The summed E-state index contributed by atoms with van der Waals surface area (Å²) < 4.78 is 13.2. The number of hydrogen-bond acceptors (Lipinski definition) is 3. The van der Waals surface area contributed by atoms with E-state index in [2.05, 4.69) is 35.3 Å². The molecule has 3 rings (SSSR count). The van der Waals surface area contributed by atoms with Gasteiger partial charge in [0.25, 0.3) is 5.91 Å². The lowest BCUT2D eigenvalue weighted by atomic mass is 10.1. The first-order valence-electron chi connectivity index (χ1n) is 9.75. The minimum Gasteiger partial charge on any atom is -0.494 e. The summed E-state index contributed by atoms with van der Waals surface area (Å²) in [5.41, 5.74) is 1.31. The van der Waals surface area contributed by atoms with Gasteiger partial charge in [0.2, 0.25) is 0 Å². The SMILES string of the molecule is CCOc1ccc(OCCNC(=O)C[NH+]2CCC[C@@H]2c2cccn2C)cc1. The molecule has 1 amide bonds. The van der Waals surface area contributed by atoms with Crippen molar-refractivity contribution >= 4 is 5.91 Å². The predicted molar refractivity (Wildman–Crippen MR) is 104 cm³/mol. The molecule has 0 bridgehead atoms. The van der Waals surface area contributed by atoms with Crippen molar-refractivity contribution in [3.63, 3.8) is 0 Å². The second-order valence-corrected chi connectivity index (χ2v) is 6.93. The Morgan fingerprint density at radius 1 is 1.22 bits per heavy atom. The van der Waals surface area contributed by atoms with E-state index >= 15 is 0 Å². The third-order valence-electron chi connectivity index (χ3n) is 5.04. The first-order chi connectivity index (χ1) is 13.2. The summed E-state index contributed by atoms with van der Waals surface area (Å²) in [4.78, 5) is 13.7. The average molecular weight is 372 g/mol. The van der Waals surface area contributed by atoms with Crippen LogP contribution in [0.25, 0.3) is 0 Å². The Morgan fingerprint density at radius 3 is 2.63 bits per heavy atom. The van der Waals surface area contributed by atoms with Gasteiger partial charge in [0, 0.05) is 26.1 Å². The van der Waals surface area contributed by atoms with Gasteiger partial charge in [0.1, 0.15) is 24.1 Å². The van der Waals surface area contributed by atoms with Crippen LogP contribution in [0.3, 0.4) is 0 Å². The van der Waals surface area contributed by atoms with Crippen LogP contribution in [-0.2, 0) is 11.8 Å². The topological polar surface area (TPSA) is 56.9 Å². The van der Waals surface area contributed by atoms with E-state index < -0.39 is 0 Å². The van der Waals surface area contributed by atoms with Crippen LogP contribution in [0.15, 0.2) is 42.6 Å². The fourth-order valence-corrected chi connectivity index (χ4v) is 3.74. The van der Waals surface area contributed by atoms with E-state index in [0.29, 0.717) is 32.3 Å². The van der Waals surface area contributed by atoms with E-state index in [1.54, 1.807) is 0 Å². The molecule has 6 heteroatoms. The van der Waals surface area contributed by atoms with Gasteiger partial charge in [-0.3, -0.25) is 4.79 Å². The van der Waals surface area contributed by atoms with Crippen molar-refractivity contribution in [2.45, 2.75) is 25.8 Å². The molecular weight excluding hydrogens is 342 g/mol. The van der Waals surface area contributed by atoms with E-state index in [0.717, 1.165) is 24.5 Å². The summed E-state index contributed by atoms with van der Waals surface area (Å²) in [6.07, 6.45) is 4.38. The zero-order valence-electron chi connectivity index (χ0n) is 16.2. The quantitative estimate of drug-likeness (QED) is 0.653. The molecule has 0 saturated carbocycles. The second-order valence-electron chi connectivity index (χ2n) is 6.93. The molecule has 0 radical (unpaired) electrons. The van der Waals surface area contributed by atoms with Crippen molar-refractivity contribution in [1.29, 1.82) is 0 Å². The zero-order valence-corrected chi connectivity index (χ0v) is 16.2. The number of amides is 1. The summed E-state index contributed by atoms with van der Waals surface area (Å²) in [7, 11) is 2.07. The minimum atomic E-state index is 0.0846. The highest BCUT2D eigenvalue weighted by Gasteiger charge is 2.32. The van der Waals surface area contributed by atoms with Gasteiger partial charge in [-0.25, -0.2) is 0 Å². The summed E-state index contributed by atoms with van der Waals surface area (Å²) in [5.74, 6) is 1.70. The van der Waals surface area contributed by atoms with Crippen LogP contribution in [0.1, 0.15) is 31.5 Å². The maximum Gasteiger partial charge on any atom is 0.275 e. The molecule has 0 spiro atoms. The van der Waals surface area contributed by atoms with Crippen LogP contribution in [-0.4, -0.2) is 43.3 Å². The molecule has 1 aromatic carbocycles. The summed E-state index contributed by atoms with van der Waals surface area (Å²) in [5, 5.41) is 2.98. The monoisotopic (exact) mass is 372 g/mol. The lowest BCUT2D eigenvalue weighted by Crippen LogP contribution is -3.11. The maximum absolute atomic E-state index is 12.3. The summed E-state index contributed by atoms with van der Waals surface area (Å²) in [6.45, 7) is 5.13. The van der Waals surface area contributed by atoms with Crippen LogP contribution in [0.2, 0.25) is 0 Å². The van der Waals surface area contributed by atoms with Gasteiger partial charge < -0.3 is 24.3 Å². The molecule has 6 nitrogen and oxygen atoms in total. The average Bonchev–Trinajstić information content (AvgIpc) is 3.28. The van der Waals surface area contributed by atoms with Crippen molar-refractivity contribution in [2.75, 3.05) is 32.8 Å². The second kappa shape index (κ2) is 9.46. The first kappa shape index (κ1) is 19.3. The molecule has 1 aliphatic heterocycles. The standard InChI is InChI=1S/C21H29N3O3/c1-3-26-17-8-10-18(11-9-17)27-15-12-22-21(25)16-24-14-5-7-20(24)19-6-4-13-23(19)2/h4,6,8-11,13,20H,3,5,7,12,14-16H2,1-2H3,(H,22,25)/p+1/t20-/m1/s1. The number of carbonyl (C=O) groups is 1. The highest BCUT2D eigenvalue weighted by molar-refractivity contribution is 5.76. The van der Waals surface area contributed by atoms with E-state index in [-0.39, 0.29) is 5.91 Å². The maximum atomic E-state index is 12.3. The van der Waals surface area contributed by atoms with Gasteiger partial charge in [-0.05, 0) is 43.3 Å². The fourth-order valence-electron chi connectivity index (χ4n) is 3.74. The molecule has 2 heterocycles. The molecule has 2 N–H and O–H groups in total. The number of likely N-dealkylation sites (tertiary alicyclic amines) is 1. The van der Waals surface area contributed by atoms with Crippen LogP contribution in [0, 0.1) is 0 Å². The molecule has 1 saturated heterocycles. The van der Waals surface area contributed by atoms with E-state index in [4.69, 9.17) is 9.47 Å². The van der Waals surface area contributed by atoms with Crippen LogP contribution < -0.4 is 19.7 Å². The summed E-state index contributed by atoms with van der Waals surface area (Å²) in [6, 6.07) is 12.2. The smallest absolute Gasteiger partial charge is 0.275 e. The number of quaternary nitrogens is 1. The number of nitrogens with zero attached hydrogens (tertiary/aromatic N) is 1. The van der Waals surface area contributed by atoms with Gasteiger partial charge in [-0.2, -0.15) is 0 Å². The number of benzene rings is 1. The molecule has 1 fully saturated rings. The third-order valence-corrected chi connectivity index (χ3v) is 5.04. The highest BCUT2D eigenvalue weighted by Crippen LogP contribution is 2.19. The lowest BCUT2D eigenvalue weighted by Gasteiger charge is -2.21. The van der Waals surface area contributed by atoms with Crippen LogP contribution in [0.4, 0.5) is 0 Å². The Hall–Kier alpha value is -2.47. The van der Waals surface area contributed by atoms with Gasteiger partial charge in [0.15, 0.2) is 6.54 Å². The first-order valence-corrected chi connectivity index (χ1v) is 9.75. The Morgan fingerprint density at radius 2 is 1.96 bits per heavy atom. The van der Waals surface area contributed by atoms with Crippen LogP contribution >= 0.6 is 0 Å². The molecule has 1 unspecified atom stereocenters. The predicted octanol–water partition coefficient (Wildman–Crippen LogP) is 1.34. The molecule has 2 aromatic rings. The normalized spacial score (nSPS) is 19.0. The van der Waals surface area contributed by atoms with Crippen molar-refractivity contribution in [3.8, 4) is 11.5 Å². The van der Waals surface area contributed by atoms with E-state index in [9.17, 15) is 4.79 Å². The fraction of sp³-hybridized carbons (Fsp3) is 0.476. The molecule has 2 atom stereocenters. The van der Waals surface area contributed by atoms with E-state index in [1.807, 2.05) is 31.2 Å². The van der Waals surface area contributed by atoms with Crippen LogP contribution in [0.5, 0.6) is 11.5 Å². The number of aromatic nitrogens is 1. The molecular formula is C21H30N3O3+.